The lowest BCUT2D eigenvalue weighted by molar-refractivity contribution is 0.195. The van der Waals surface area contributed by atoms with Gasteiger partial charge in [0.2, 0.25) is 5.95 Å². The van der Waals surface area contributed by atoms with Crippen LogP contribution in [0.4, 0.5) is 5.95 Å². The third-order valence-corrected chi connectivity index (χ3v) is 5.36. The Morgan fingerprint density at radius 3 is 2.95 bits per heavy atom. The van der Waals surface area contributed by atoms with Crippen molar-refractivity contribution in [1.29, 1.82) is 0 Å². The van der Waals surface area contributed by atoms with E-state index in [4.69, 9.17) is 17.3 Å². The molecule has 21 heavy (non-hydrogen) atoms. The Morgan fingerprint density at radius 1 is 1.38 bits per heavy atom. The number of halogens is 1. The van der Waals surface area contributed by atoms with E-state index < -0.39 is 0 Å². The Bertz CT molecular complexity index is 644. The zero-order chi connectivity index (χ0) is 15.0. The molecule has 5 nitrogen and oxygen atoms in total. The van der Waals surface area contributed by atoms with E-state index >= 15 is 0 Å². The number of nitrogens with zero attached hydrogens (tertiary/aromatic N) is 4. The summed E-state index contributed by atoms with van der Waals surface area (Å²) in [6.07, 6.45) is 4.53. The highest BCUT2D eigenvalue weighted by Gasteiger charge is 2.28. The van der Waals surface area contributed by atoms with Crippen LogP contribution < -0.4 is 5.73 Å². The molecular weight excluding hydrogens is 306 g/mol. The van der Waals surface area contributed by atoms with Crippen LogP contribution in [0, 0.1) is 5.92 Å². The molecule has 7 heteroatoms. The molecule has 2 atom stereocenters. The molecule has 3 heterocycles. The van der Waals surface area contributed by atoms with E-state index in [1.807, 2.05) is 6.20 Å². The van der Waals surface area contributed by atoms with E-state index in [0.717, 1.165) is 24.4 Å². The molecule has 0 aliphatic carbocycles. The molecule has 2 N–H and O–H groups in total. The van der Waals surface area contributed by atoms with Gasteiger partial charge in [0.1, 0.15) is 5.69 Å². The molecular formula is C14H18ClN5S. The molecule has 1 saturated heterocycles. The summed E-state index contributed by atoms with van der Waals surface area (Å²) in [6.45, 7) is 4.52. The van der Waals surface area contributed by atoms with E-state index in [2.05, 4.69) is 33.8 Å². The van der Waals surface area contributed by atoms with Gasteiger partial charge in [-0.15, -0.1) is 11.3 Å². The highest BCUT2D eigenvalue weighted by molar-refractivity contribution is 7.15. The summed E-state index contributed by atoms with van der Waals surface area (Å²) in [4.78, 5) is 16.1. The number of hydrogen-bond acceptors (Lipinski definition) is 6. The molecule has 0 saturated carbocycles. The molecule has 0 radical (unpaired) electrons. The molecule has 0 aromatic carbocycles. The highest BCUT2D eigenvalue weighted by Crippen LogP contribution is 2.38. The number of thiazole rings is 1. The first kappa shape index (κ1) is 14.7. The fourth-order valence-corrected chi connectivity index (χ4v) is 4.28. The molecule has 0 spiro atoms. The van der Waals surface area contributed by atoms with Gasteiger partial charge in [-0.1, -0.05) is 18.5 Å². The summed E-state index contributed by atoms with van der Waals surface area (Å²) < 4.78 is 0. The zero-order valence-corrected chi connectivity index (χ0v) is 13.7. The van der Waals surface area contributed by atoms with Gasteiger partial charge < -0.3 is 10.6 Å². The van der Waals surface area contributed by atoms with Crippen LogP contribution in [0.2, 0.25) is 5.02 Å². The van der Waals surface area contributed by atoms with E-state index in [9.17, 15) is 0 Å². The number of aromatic nitrogens is 3. The van der Waals surface area contributed by atoms with Gasteiger partial charge in [-0.05, 0) is 25.9 Å². The first-order chi connectivity index (χ1) is 10.0. The number of likely N-dealkylation sites (tertiary alicyclic amines) is 1. The SMILES string of the molecule is CC1CN(C)CCC1c1ncc(-c2nc(N)ncc2Cl)s1. The van der Waals surface area contributed by atoms with Crippen LogP contribution >= 0.6 is 22.9 Å². The van der Waals surface area contributed by atoms with Gasteiger partial charge >= 0.3 is 0 Å². The van der Waals surface area contributed by atoms with Crippen molar-refractivity contribution in [3.05, 3.63) is 22.4 Å². The van der Waals surface area contributed by atoms with Crippen molar-refractivity contribution in [2.75, 3.05) is 25.9 Å². The maximum atomic E-state index is 6.17. The molecule has 1 fully saturated rings. The minimum Gasteiger partial charge on any atom is -0.368 e. The minimum atomic E-state index is 0.233. The number of nitrogens with two attached hydrogens (primary N) is 1. The largest absolute Gasteiger partial charge is 0.368 e. The average Bonchev–Trinajstić information content (AvgIpc) is 2.91. The molecule has 0 bridgehead atoms. The lowest BCUT2D eigenvalue weighted by Gasteiger charge is -2.33. The smallest absolute Gasteiger partial charge is 0.220 e. The summed E-state index contributed by atoms with van der Waals surface area (Å²) in [5.41, 5.74) is 6.32. The molecule has 2 aromatic rings. The fraction of sp³-hybridized carbons (Fsp3) is 0.500. The van der Waals surface area contributed by atoms with Crippen LogP contribution in [0.1, 0.15) is 24.3 Å². The van der Waals surface area contributed by atoms with Gasteiger partial charge in [-0.3, -0.25) is 0 Å². The summed E-state index contributed by atoms with van der Waals surface area (Å²) in [5.74, 6) is 1.35. The van der Waals surface area contributed by atoms with Gasteiger partial charge in [0.05, 0.1) is 21.1 Å². The summed E-state index contributed by atoms with van der Waals surface area (Å²) >= 11 is 7.83. The molecule has 112 valence electrons. The van der Waals surface area contributed by atoms with Crippen molar-refractivity contribution in [1.82, 2.24) is 19.9 Å². The second kappa shape index (κ2) is 5.87. The standard InChI is InChI=1S/C14H18ClN5S/c1-8-7-20(2)4-3-9(8)13-17-6-11(21-13)12-10(15)5-18-14(16)19-12/h5-6,8-9H,3-4,7H2,1-2H3,(H2,16,18,19). The number of nitrogen functional groups attached to an aromatic ring is 1. The predicted octanol–water partition coefficient (Wildman–Crippen LogP) is 2.89. The van der Waals surface area contributed by atoms with E-state index in [-0.39, 0.29) is 5.95 Å². The van der Waals surface area contributed by atoms with Gasteiger partial charge in [-0.25, -0.2) is 15.0 Å². The van der Waals surface area contributed by atoms with Crippen LogP contribution in [0.5, 0.6) is 0 Å². The zero-order valence-electron chi connectivity index (χ0n) is 12.1. The summed E-state index contributed by atoms with van der Waals surface area (Å²) in [6, 6.07) is 0. The van der Waals surface area contributed by atoms with E-state index in [1.165, 1.54) is 11.2 Å². The maximum Gasteiger partial charge on any atom is 0.220 e. The Labute approximate surface area is 133 Å². The van der Waals surface area contributed by atoms with Crippen molar-refractivity contribution in [3.8, 4) is 10.6 Å². The Hall–Kier alpha value is -1.24. The van der Waals surface area contributed by atoms with Crippen LogP contribution in [0.15, 0.2) is 12.4 Å². The molecule has 1 aliphatic heterocycles. The van der Waals surface area contributed by atoms with Crippen molar-refractivity contribution < 1.29 is 0 Å². The molecule has 3 rings (SSSR count). The van der Waals surface area contributed by atoms with Crippen molar-refractivity contribution in [2.24, 2.45) is 5.92 Å². The molecule has 1 aliphatic rings. The predicted molar refractivity (Wildman–Crippen MR) is 86.6 cm³/mol. The lowest BCUT2D eigenvalue weighted by atomic mass is 9.88. The third-order valence-electron chi connectivity index (χ3n) is 3.95. The second-order valence-corrected chi connectivity index (χ2v) is 7.09. The first-order valence-electron chi connectivity index (χ1n) is 6.97. The van der Waals surface area contributed by atoms with Crippen LogP contribution in [-0.4, -0.2) is 40.0 Å². The third kappa shape index (κ3) is 3.02. The van der Waals surface area contributed by atoms with Gasteiger partial charge in [0.25, 0.3) is 0 Å². The Balaban J connectivity index is 1.88. The molecule has 0 amide bonds. The number of piperidine rings is 1. The normalized spacial score (nSPS) is 23.4. The lowest BCUT2D eigenvalue weighted by Crippen LogP contribution is -2.35. The summed E-state index contributed by atoms with van der Waals surface area (Å²) in [7, 11) is 2.17. The summed E-state index contributed by atoms with van der Waals surface area (Å²) in [5, 5.41) is 1.68. The molecule has 2 unspecified atom stereocenters. The monoisotopic (exact) mass is 323 g/mol. The van der Waals surface area contributed by atoms with Crippen molar-refractivity contribution >= 4 is 28.9 Å². The van der Waals surface area contributed by atoms with Crippen LogP contribution in [-0.2, 0) is 0 Å². The quantitative estimate of drug-likeness (QED) is 0.920. The molecule has 2 aromatic heterocycles. The highest BCUT2D eigenvalue weighted by atomic mass is 35.5. The topological polar surface area (TPSA) is 67.9 Å². The van der Waals surface area contributed by atoms with Crippen molar-refractivity contribution in [3.63, 3.8) is 0 Å². The number of hydrogen-bond donors (Lipinski definition) is 1. The Kier molecular flexibility index (Phi) is 4.10. The maximum absolute atomic E-state index is 6.17. The van der Waals surface area contributed by atoms with Gasteiger partial charge in [-0.2, -0.15) is 0 Å². The minimum absolute atomic E-state index is 0.233. The van der Waals surface area contributed by atoms with E-state index in [1.54, 1.807) is 11.3 Å². The van der Waals surface area contributed by atoms with Crippen LogP contribution in [0.25, 0.3) is 10.6 Å². The number of rotatable bonds is 2. The fourth-order valence-electron chi connectivity index (χ4n) is 2.84. The van der Waals surface area contributed by atoms with E-state index in [0.29, 0.717) is 22.6 Å². The van der Waals surface area contributed by atoms with Crippen molar-refractivity contribution in [2.45, 2.75) is 19.3 Å². The second-order valence-electron chi connectivity index (χ2n) is 5.62. The first-order valence-corrected chi connectivity index (χ1v) is 8.16. The Morgan fingerprint density at radius 2 is 2.19 bits per heavy atom. The number of anilines is 1. The van der Waals surface area contributed by atoms with Gasteiger partial charge in [0.15, 0.2) is 0 Å². The van der Waals surface area contributed by atoms with Crippen LogP contribution in [0.3, 0.4) is 0 Å². The average molecular weight is 324 g/mol. The van der Waals surface area contributed by atoms with Gasteiger partial charge in [0, 0.05) is 18.7 Å².